The molecule has 0 aromatic rings. The molecule has 0 amide bonds. The van der Waals surface area contributed by atoms with Crippen molar-refractivity contribution in [3.05, 3.63) is 35.5 Å². The van der Waals surface area contributed by atoms with Crippen molar-refractivity contribution in [2.75, 3.05) is 11.9 Å². The Morgan fingerprint density at radius 2 is 1.72 bits per heavy atom. The van der Waals surface area contributed by atoms with Crippen molar-refractivity contribution in [1.29, 1.82) is 0 Å². The van der Waals surface area contributed by atoms with Crippen LogP contribution < -0.4 is 0 Å². The fraction of sp³-hybridized carbons (Fsp3) is 0.727. The molecule has 0 aliphatic heterocycles. The number of alkyl halides is 1. The van der Waals surface area contributed by atoms with Gasteiger partial charge in [0.1, 0.15) is 0 Å². The molecule has 0 saturated carbocycles. The van der Waals surface area contributed by atoms with Gasteiger partial charge in [-0.3, -0.25) is 0 Å². The lowest BCUT2D eigenvalue weighted by molar-refractivity contribution is 0.259. The molecule has 0 spiro atoms. The number of rotatable bonds is 10. The van der Waals surface area contributed by atoms with E-state index >= 15 is 0 Å². The van der Waals surface area contributed by atoms with E-state index in [-0.39, 0.29) is 5.04 Å². The van der Waals surface area contributed by atoms with Gasteiger partial charge in [-0.15, -0.1) is 0 Å². The van der Waals surface area contributed by atoms with Crippen LogP contribution in [0.3, 0.4) is 0 Å². The zero-order valence-electron chi connectivity index (χ0n) is 18.1. The Labute approximate surface area is 167 Å². The Morgan fingerprint density at radius 1 is 1.12 bits per heavy atom. The summed E-state index contributed by atoms with van der Waals surface area (Å²) in [5.74, 6) is 1.05. The molecular formula is C22H41BrOSi. The minimum absolute atomic E-state index is 0.279. The van der Waals surface area contributed by atoms with E-state index in [1.807, 2.05) is 0 Å². The zero-order valence-corrected chi connectivity index (χ0v) is 20.7. The third-order valence-corrected chi connectivity index (χ3v) is 10.3. The molecule has 146 valence electrons. The molecule has 3 heteroatoms. The van der Waals surface area contributed by atoms with E-state index in [9.17, 15) is 0 Å². The Balaban J connectivity index is 4.50. The molecule has 0 bridgehead atoms. The summed E-state index contributed by atoms with van der Waals surface area (Å²) in [5, 5.41) is 1.27. The van der Waals surface area contributed by atoms with Crippen LogP contribution in [0.15, 0.2) is 35.5 Å². The summed E-state index contributed by atoms with van der Waals surface area (Å²) in [6, 6.07) is 0. The molecule has 0 radical (unpaired) electrons. The fourth-order valence-electron chi connectivity index (χ4n) is 2.30. The van der Waals surface area contributed by atoms with Gasteiger partial charge in [-0.2, -0.15) is 0 Å². The van der Waals surface area contributed by atoms with Gasteiger partial charge in [0, 0.05) is 11.9 Å². The van der Waals surface area contributed by atoms with Gasteiger partial charge in [0.2, 0.25) is 0 Å². The standard InChI is InChI=1S/C22H41BrOSi/c1-10-21(16-23)15-19(3)13-11-12-18(2)14-20(4)17-24-25(8,9)22(5,6)7/h11-12,14-15,19-20H,10,13,16-17H2,1-9H3/b12-11+,18-14+,21-15-/t19-,20-/m1/s1. The predicted molar refractivity (Wildman–Crippen MR) is 121 cm³/mol. The Kier molecular flexibility index (Phi) is 11.5. The average Bonchev–Trinajstić information content (AvgIpc) is 2.49. The zero-order chi connectivity index (χ0) is 19.7. The molecule has 0 aliphatic rings. The summed E-state index contributed by atoms with van der Waals surface area (Å²) < 4.78 is 6.33. The summed E-state index contributed by atoms with van der Waals surface area (Å²) in [6.45, 7) is 21.3. The number of halogens is 1. The van der Waals surface area contributed by atoms with Crippen LogP contribution in [0.2, 0.25) is 18.1 Å². The second-order valence-electron chi connectivity index (χ2n) is 8.89. The van der Waals surface area contributed by atoms with Crippen molar-refractivity contribution in [3.63, 3.8) is 0 Å². The minimum atomic E-state index is -1.64. The van der Waals surface area contributed by atoms with Crippen molar-refractivity contribution < 1.29 is 4.43 Å². The van der Waals surface area contributed by atoms with Crippen LogP contribution in [0.5, 0.6) is 0 Å². The lowest BCUT2D eigenvalue weighted by Gasteiger charge is -2.36. The van der Waals surface area contributed by atoms with Gasteiger partial charge in [-0.25, -0.2) is 0 Å². The molecule has 0 aromatic heterocycles. The Bertz CT molecular complexity index is 463. The van der Waals surface area contributed by atoms with Gasteiger partial charge in [0.05, 0.1) is 0 Å². The van der Waals surface area contributed by atoms with Gasteiger partial charge in [0.15, 0.2) is 8.32 Å². The molecule has 0 saturated heterocycles. The van der Waals surface area contributed by atoms with E-state index in [1.165, 1.54) is 11.1 Å². The van der Waals surface area contributed by atoms with Gasteiger partial charge < -0.3 is 4.43 Å². The molecule has 0 N–H and O–H groups in total. The van der Waals surface area contributed by atoms with Crippen LogP contribution in [-0.4, -0.2) is 20.3 Å². The fourth-order valence-corrected chi connectivity index (χ4v) is 4.00. The first-order valence-corrected chi connectivity index (χ1v) is 13.7. The van der Waals surface area contributed by atoms with Gasteiger partial charge in [-0.05, 0) is 49.7 Å². The smallest absolute Gasteiger partial charge is 0.192 e. The number of hydrogen-bond acceptors (Lipinski definition) is 1. The first kappa shape index (κ1) is 24.9. The summed E-state index contributed by atoms with van der Waals surface area (Å²) in [7, 11) is -1.64. The van der Waals surface area contributed by atoms with Crippen LogP contribution in [-0.2, 0) is 4.43 Å². The molecule has 25 heavy (non-hydrogen) atoms. The quantitative estimate of drug-likeness (QED) is 0.148. The van der Waals surface area contributed by atoms with E-state index in [0.717, 1.165) is 24.8 Å². The molecule has 1 nitrogen and oxygen atoms in total. The third kappa shape index (κ3) is 10.6. The average molecular weight is 430 g/mol. The molecular weight excluding hydrogens is 388 g/mol. The van der Waals surface area contributed by atoms with Crippen LogP contribution in [0.25, 0.3) is 0 Å². The van der Waals surface area contributed by atoms with E-state index in [0.29, 0.717) is 11.8 Å². The number of allylic oxidation sites excluding steroid dienone is 5. The minimum Gasteiger partial charge on any atom is -0.416 e. The maximum absolute atomic E-state index is 6.33. The third-order valence-electron chi connectivity index (χ3n) is 5.10. The Hall–Kier alpha value is -0.123. The topological polar surface area (TPSA) is 9.23 Å². The van der Waals surface area contributed by atoms with E-state index in [1.54, 1.807) is 0 Å². The highest BCUT2D eigenvalue weighted by molar-refractivity contribution is 9.09. The molecule has 0 rings (SSSR count). The van der Waals surface area contributed by atoms with Crippen LogP contribution in [0.4, 0.5) is 0 Å². The molecule has 0 aromatic carbocycles. The largest absolute Gasteiger partial charge is 0.416 e. The van der Waals surface area contributed by atoms with Gasteiger partial charge in [-0.1, -0.05) is 92.9 Å². The second kappa shape index (κ2) is 11.6. The van der Waals surface area contributed by atoms with Gasteiger partial charge in [0.25, 0.3) is 0 Å². The van der Waals surface area contributed by atoms with E-state index in [4.69, 9.17) is 4.43 Å². The molecule has 2 atom stereocenters. The molecule has 0 aliphatic carbocycles. The Morgan fingerprint density at radius 3 is 2.20 bits per heavy atom. The maximum Gasteiger partial charge on any atom is 0.192 e. The maximum atomic E-state index is 6.33. The second-order valence-corrected chi connectivity index (χ2v) is 14.3. The van der Waals surface area contributed by atoms with Crippen molar-refractivity contribution in [2.24, 2.45) is 11.8 Å². The van der Waals surface area contributed by atoms with Crippen LogP contribution in [0.1, 0.15) is 61.3 Å². The van der Waals surface area contributed by atoms with Crippen molar-refractivity contribution in [2.45, 2.75) is 79.4 Å². The highest BCUT2D eigenvalue weighted by atomic mass is 79.9. The first-order chi connectivity index (χ1) is 11.4. The van der Waals surface area contributed by atoms with Gasteiger partial charge >= 0.3 is 0 Å². The van der Waals surface area contributed by atoms with Crippen LogP contribution >= 0.6 is 15.9 Å². The van der Waals surface area contributed by atoms with Crippen molar-refractivity contribution in [3.8, 4) is 0 Å². The first-order valence-electron chi connectivity index (χ1n) is 9.67. The lowest BCUT2D eigenvalue weighted by Crippen LogP contribution is -2.41. The summed E-state index contributed by atoms with van der Waals surface area (Å²) >= 11 is 3.56. The molecule has 0 fully saturated rings. The summed E-state index contributed by atoms with van der Waals surface area (Å²) in [4.78, 5) is 0. The van der Waals surface area contributed by atoms with Crippen molar-refractivity contribution in [1.82, 2.24) is 0 Å². The van der Waals surface area contributed by atoms with E-state index < -0.39 is 8.32 Å². The normalized spacial score (nSPS) is 17.2. The predicted octanol–water partition coefficient (Wildman–Crippen LogP) is 7.90. The summed E-state index contributed by atoms with van der Waals surface area (Å²) in [6.07, 6.45) is 11.5. The summed E-state index contributed by atoms with van der Waals surface area (Å²) in [5.41, 5.74) is 2.82. The highest BCUT2D eigenvalue weighted by Gasteiger charge is 2.37. The monoisotopic (exact) mass is 428 g/mol. The highest BCUT2D eigenvalue weighted by Crippen LogP contribution is 2.36. The van der Waals surface area contributed by atoms with Crippen LogP contribution in [0, 0.1) is 11.8 Å². The SMILES string of the molecule is CC/C(=C/[C@H](C)C/C=C/C(C)=C/[C@@H](C)CO[Si](C)(C)C(C)(C)C)CBr. The molecule has 0 heterocycles. The molecule has 0 unspecified atom stereocenters. The lowest BCUT2D eigenvalue weighted by atomic mass is 10.0. The van der Waals surface area contributed by atoms with E-state index in [2.05, 4.69) is 102 Å². The van der Waals surface area contributed by atoms with Crippen molar-refractivity contribution >= 4 is 24.2 Å². The number of hydrogen-bond donors (Lipinski definition) is 0.